The van der Waals surface area contributed by atoms with Crippen molar-refractivity contribution in [2.24, 2.45) is 5.73 Å². The van der Waals surface area contributed by atoms with E-state index >= 15 is 0 Å². The third-order valence-corrected chi connectivity index (χ3v) is 4.35. The Hall–Kier alpha value is -3.04. The van der Waals surface area contributed by atoms with Crippen molar-refractivity contribution in [3.63, 3.8) is 0 Å². The quantitative estimate of drug-likeness (QED) is 0.658. The first-order chi connectivity index (χ1) is 13.3. The van der Waals surface area contributed by atoms with Gasteiger partial charge in [-0.2, -0.15) is 8.78 Å². The summed E-state index contributed by atoms with van der Waals surface area (Å²) in [5.41, 5.74) is 3.49. The van der Waals surface area contributed by atoms with Gasteiger partial charge in [0, 0.05) is 24.1 Å². The number of benzene rings is 1. The van der Waals surface area contributed by atoms with Gasteiger partial charge in [-0.05, 0) is 38.8 Å². The minimum Gasteiger partial charge on any atom is -0.477 e. The summed E-state index contributed by atoms with van der Waals surface area (Å²) in [6, 6.07) is 2.09. The first kappa shape index (κ1) is 22.3. The monoisotopic (exact) mass is 412 g/mol. The Kier molecular flexibility index (Phi) is 5.96. The fourth-order valence-electron chi connectivity index (χ4n) is 3.11. The molecule has 0 bridgehead atoms. The summed E-state index contributed by atoms with van der Waals surface area (Å²) >= 11 is 0. The van der Waals surface area contributed by atoms with Crippen LogP contribution >= 0.6 is 0 Å². The predicted molar refractivity (Wildman–Crippen MR) is 95.9 cm³/mol. The number of carboxylic acids is 1. The molecule has 2 amide bonds. The number of halogens is 2. The highest BCUT2D eigenvalue weighted by Crippen LogP contribution is 2.37. The van der Waals surface area contributed by atoms with Crippen LogP contribution in [-0.4, -0.2) is 45.4 Å². The highest BCUT2D eigenvalue weighted by Gasteiger charge is 2.46. The largest absolute Gasteiger partial charge is 0.477 e. The van der Waals surface area contributed by atoms with Crippen LogP contribution in [0.4, 0.5) is 8.78 Å². The number of esters is 1. The molecule has 0 radical (unpaired) electrons. The predicted octanol–water partition coefficient (Wildman–Crippen LogP) is 1.79. The van der Waals surface area contributed by atoms with Crippen LogP contribution in [0.3, 0.4) is 0 Å². The van der Waals surface area contributed by atoms with Crippen molar-refractivity contribution in [3.8, 4) is 0 Å². The Bertz CT molecular complexity index is 863. The molecular weight excluding hydrogens is 390 g/mol. The molecule has 1 aromatic rings. The van der Waals surface area contributed by atoms with E-state index in [1.807, 2.05) is 0 Å². The van der Waals surface area contributed by atoms with Gasteiger partial charge < -0.3 is 20.5 Å². The van der Waals surface area contributed by atoms with E-state index in [0.717, 1.165) is 17.0 Å². The molecule has 158 valence electrons. The van der Waals surface area contributed by atoms with Crippen molar-refractivity contribution in [2.45, 2.75) is 57.7 Å². The summed E-state index contributed by atoms with van der Waals surface area (Å²) in [4.78, 5) is 48.4. The molecular formula is C19H22F2N2O6. The van der Waals surface area contributed by atoms with Crippen LogP contribution in [0.15, 0.2) is 18.2 Å². The molecule has 8 nitrogen and oxygen atoms in total. The van der Waals surface area contributed by atoms with Gasteiger partial charge in [0.2, 0.25) is 5.91 Å². The molecule has 2 rings (SSSR count). The van der Waals surface area contributed by atoms with Gasteiger partial charge >= 0.3 is 17.9 Å². The second kappa shape index (κ2) is 7.76. The summed E-state index contributed by atoms with van der Waals surface area (Å²) in [5.74, 6) is -8.82. The van der Waals surface area contributed by atoms with Gasteiger partial charge in [0.25, 0.3) is 5.91 Å². The van der Waals surface area contributed by atoms with Gasteiger partial charge in [-0.1, -0.05) is 12.1 Å². The molecule has 0 spiro atoms. The lowest BCUT2D eigenvalue weighted by Crippen LogP contribution is -2.45. The van der Waals surface area contributed by atoms with Crippen LogP contribution < -0.4 is 5.73 Å². The minimum atomic E-state index is -4.21. The molecule has 10 heteroatoms. The number of carbonyl (C=O) groups is 4. The Morgan fingerprint density at radius 3 is 2.41 bits per heavy atom. The van der Waals surface area contributed by atoms with E-state index in [0.29, 0.717) is 0 Å². The van der Waals surface area contributed by atoms with Gasteiger partial charge in [0.15, 0.2) is 0 Å². The van der Waals surface area contributed by atoms with Crippen molar-refractivity contribution in [1.82, 2.24) is 4.90 Å². The number of carboxylic acid groups (broad SMARTS) is 1. The molecule has 29 heavy (non-hydrogen) atoms. The molecule has 1 heterocycles. The molecule has 0 saturated carbocycles. The molecule has 1 atom stereocenters. The number of hydrogen-bond donors (Lipinski definition) is 2. The maximum Gasteiger partial charge on any atom is 0.379 e. The maximum atomic E-state index is 14.1. The molecule has 0 aliphatic carbocycles. The third kappa shape index (κ3) is 4.69. The zero-order valence-electron chi connectivity index (χ0n) is 16.2. The van der Waals surface area contributed by atoms with Crippen LogP contribution in [0.25, 0.3) is 0 Å². The van der Waals surface area contributed by atoms with Crippen molar-refractivity contribution in [1.29, 1.82) is 0 Å². The number of fused-ring (bicyclic) bond motifs is 1. The molecule has 3 N–H and O–H groups in total. The second-order valence-corrected chi connectivity index (χ2v) is 7.69. The van der Waals surface area contributed by atoms with Gasteiger partial charge in [-0.25, -0.2) is 4.79 Å². The highest BCUT2D eigenvalue weighted by molar-refractivity contribution is 6.01. The first-order valence-corrected chi connectivity index (χ1v) is 8.81. The van der Waals surface area contributed by atoms with Crippen LogP contribution in [0.2, 0.25) is 0 Å². The van der Waals surface area contributed by atoms with E-state index in [4.69, 9.17) is 15.6 Å². The summed E-state index contributed by atoms with van der Waals surface area (Å²) < 4.78 is 33.3. The average molecular weight is 412 g/mol. The van der Waals surface area contributed by atoms with E-state index in [-0.39, 0.29) is 24.0 Å². The van der Waals surface area contributed by atoms with Gasteiger partial charge in [0.1, 0.15) is 11.6 Å². The molecule has 0 unspecified atom stereocenters. The fraction of sp³-hybridized carbons (Fsp3) is 0.474. The lowest BCUT2D eigenvalue weighted by atomic mass is 9.98. The number of alkyl halides is 2. The number of carbonyl (C=O) groups excluding carboxylic acids is 3. The third-order valence-electron chi connectivity index (χ3n) is 4.35. The van der Waals surface area contributed by atoms with Gasteiger partial charge in [-0.3, -0.25) is 14.4 Å². The van der Waals surface area contributed by atoms with E-state index in [9.17, 15) is 28.0 Å². The number of ether oxygens (including phenoxy) is 1. The summed E-state index contributed by atoms with van der Waals surface area (Å²) in [7, 11) is 0. The van der Waals surface area contributed by atoms with Crippen LogP contribution in [0.5, 0.6) is 0 Å². The zero-order chi connectivity index (χ0) is 22.1. The van der Waals surface area contributed by atoms with Crippen LogP contribution in [-0.2, 0) is 31.6 Å². The minimum absolute atomic E-state index is 0.132. The molecule has 1 aromatic carbocycles. The summed E-state index contributed by atoms with van der Waals surface area (Å²) in [5, 5.41) is 8.82. The topological polar surface area (TPSA) is 127 Å². The van der Waals surface area contributed by atoms with E-state index in [1.165, 1.54) is 6.07 Å². The van der Waals surface area contributed by atoms with E-state index < -0.39 is 53.4 Å². The molecule has 0 aromatic heterocycles. The maximum absolute atomic E-state index is 14.1. The lowest BCUT2D eigenvalue weighted by Gasteiger charge is -2.26. The number of hydrogen-bond acceptors (Lipinski definition) is 5. The molecule has 0 fully saturated rings. The Morgan fingerprint density at radius 1 is 1.28 bits per heavy atom. The van der Waals surface area contributed by atoms with Crippen LogP contribution in [0.1, 0.15) is 55.1 Å². The lowest BCUT2D eigenvalue weighted by molar-refractivity contribution is -0.166. The van der Waals surface area contributed by atoms with Crippen molar-refractivity contribution >= 4 is 23.8 Å². The SMILES string of the molecule is CC(C)(C)OC(=O)CC[C@H](C(N)=O)N1Cc2c(cccc2C(F)(F)C(=O)O)C1=O. The first-order valence-electron chi connectivity index (χ1n) is 8.81. The number of rotatable bonds is 7. The molecule has 0 saturated heterocycles. The smallest absolute Gasteiger partial charge is 0.379 e. The van der Waals surface area contributed by atoms with E-state index in [1.54, 1.807) is 20.8 Å². The fourth-order valence-corrected chi connectivity index (χ4v) is 3.11. The van der Waals surface area contributed by atoms with Crippen molar-refractivity contribution < 1.29 is 37.8 Å². The number of aliphatic carboxylic acids is 1. The normalized spacial score (nSPS) is 15.1. The Morgan fingerprint density at radius 2 is 1.90 bits per heavy atom. The zero-order valence-corrected chi connectivity index (χ0v) is 16.2. The van der Waals surface area contributed by atoms with Crippen molar-refractivity contribution in [2.75, 3.05) is 0 Å². The van der Waals surface area contributed by atoms with Gasteiger partial charge in [0.05, 0.1) is 0 Å². The highest BCUT2D eigenvalue weighted by atomic mass is 19.3. The number of nitrogens with two attached hydrogens (primary N) is 1. The number of primary amides is 1. The Balaban J connectivity index is 2.27. The standard InChI is InChI=1S/C19H22F2N2O6/c1-18(2,3)29-14(24)8-7-13(15(22)25)23-9-11-10(16(23)26)5-4-6-12(11)19(20,21)17(27)28/h4-6,13H,7-9H2,1-3H3,(H2,22,25)(H,27,28)/t13-/m1/s1. The second-order valence-electron chi connectivity index (χ2n) is 7.69. The number of amides is 2. The van der Waals surface area contributed by atoms with Gasteiger partial charge in [-0.15, -0.1) is 0 Å². The molecule has 1 aliphatic heterocycles. The average Bonchev–Trinajstić information content (AvgIpc) is 2.90. The number of nitrogens with zero attached hydrogens (tertiary/aromatic N) is 1. The van der Waals surface area contributed by atoms with E-state index in [2.05, 4.69) is 0 Å². The summed E-state index contributed by atoms with van der Waals surface area (Å²) in [6.07, 6.45) is -0.377. The summed E-state index contributed by atoms with van der Waals surface area (Å²) in [6.45, 7) is 4.58. The van der Waals surface area contributed by atoms with Crippen molar-refractivity contribution in [3.05, 3.63) is 34.9 Å². The molecule has 1 aliphatic rings. The van der Waals surface area contributed by atoms with Crippen LogP contribution in [0, 0.1) is 0 Å². The Labute approximate surface area is 165 Å².